The standard InChI is InChI=1S/C13H16ClINP/c1-7(2)12-8(3)11(16-17-15)6-10(14)13(12)9-4-5-9/h6,9,16-17H,1,4-5H2,2-3H3. The molecule has 1 nitrogen and oxygen atoms in total. The molecule has 17 heavy (non-hydrogen) atoms. The Balaban J connectivity index is 2.60. The number of hydrogen-bond acceptors (Lipinski definition) is 1. The second-order valence-corrected chi connectivity index (χ2v) is 7.06. The first kappa shape index (κ1) is 13.6. The Morgan fingerprint density at radius 1 is 1.59 bits per heavy atom. The summed E-state index contributed by atoms with van der Waals surface area (Å²) in [5.74, 6) is 0.656. The average Bonchev–Trinajstić information content (AvgIpc) is 3.06. The molecule has 0 bridgehead atoms. The molecule has 2 rings (SSSR count). The van der Waals surface area contributed by atoms with Gasteiger partial charge in [0.25, 0.3) is 0 Å². The predicted molar refractivity (Wildman–Crippen MR) is 88.8 cm³/mol. The Kier molecular flexibility index (Phi) is 4.38. The first-order valence-electron chi connectivity index (χ1n) is 5.66. The molecule has 1 aliphatic rings. The third-order valence-electron chi connectivity index (χ3n) is 3.17. The summed E-state index contributed by atoms with van der Waals surface area (Å²) >= 11 is 8.77. The van der Waals surface area contributed by atoms with E-state index in [0.717, 1.165) is 16.3 Å². The molecular formula is C13H16ClINP. The normalized spacial score (nSPS) is 15.5. The second-order valence-electron chi connectivity index (χ2n) is 4.59. The third-order valence-corrected chi connectivity index (χ3v) is 4.66. The molecular weight excluding hydrogens is 363 g/mol. The minimum atomic E-state index is 0.656. The highest BCUT2D eigenvalue weighted by Crippen LogP contribution is 2.49. The molecule has 0 aromatic heterocycles. The lowest BCUT2D eigenvalue weighted by molar-refractivity contribution is 1.11. The predicted octanol–water partition coefficient (Wildman–Crippen LogP) is 5.91. The topological polar surface area (TPSA) is 12.0 Å². The van der Waals surface area contributed by atoms with Crippen molar-refractivity contribution in [2.24, 2.45) is 0 Å². The van der Waals surface area contributed by atoms with Crippen LogP contribution in [0.3, 0.4) is 0 Å². The fourth-order valence-corrected chi connectivity index (χ4v) is 3.86. The van der Waals surface area contributed by atoms with Crippen LogP contribution in [-0.2, 0) is 0 Å². The van der Waals surface area contributed by atoms with Gasteiger partial charge in [-0.1, -0.05) is 23.8 Å². The molecule has 1 N–H and O–H groups in total. The second kappa shape index (κ2) is 5.46. The van der Waals surface area contributed by atoms with Crippen molar-refractivity contribution in [3.05, 3.63) is 34.4 Å². The minimum Gasteiger partial charge on any atom is -0.358 e. The molecule has 0 heterocycles. The Labute approximate surface area is 123 Å². The molecule has 0 amide bonds. The number of benzene rings is 1. The van der Waals surface area contributed by atoms with Crippen LogP contribution in [-0.4, -0.2) is 0 Å². The van der Waals surface area contributed by atoms with Crippen LogP contribution in [0.2, 0.25) is 5.02 Å². The van der Waals surface area contributed by atoms with Crippen molar-refractivity contribution in [2.75, 3.05) is 5.09 Å². The van der Waals surface area contributed by atoms with Crippen molar-refractivity contribution < 1.29 is 0 Å². The lowest BCUT2D eigenvalue weighted by Crippen LogP contribution is -1.99. The van der Waals surface area contributed by atoms with Crippen molar-refractivity contribution in [3.8, 4) is 0 Å². The highest BCUT2D eigenvalue weighted by atomic mass is 127. The quantitative estimate of drug-likeness (QED) is 0.506. The summed E-state index contributed by atoms with van der Waals surface area (Å²) in [4.78, 5) is 0. The van der Waals surface area contributed by atoms with Gasteiger partial charge in [-0.15, -0.1) is 0 Å². The monoisotopic (exact) mass is 379 g/mol. The Bertz CT molecular complexity index is 469. The molecule has 92 valence electrons. The molecule has 1 aliphatic carbocycles. The van der Waals surface area contributed by atoms with Crippen molar-refractivity contribution in [1.82, 2.24) is 0 Å². The fraction of sp³-hybridized carbons (Fsp3) is 0.385. The van der Waals surface area contributed by atoms with Gasteiger partial charge in [0.05, 0.1) is 0 Å². The van der Waals surface area contributed by atoms with Gasteiger partial charge in [-0.3, -0.25) is 0 Å². The number of anilines is 1. The molecule has 1 aromatic carbocycles. The van der Waals surface area contributed by atoms with Crippen molar-refractivity contribution in [1.29, 1.82) is 0 Å². The molecule has 0 saturated heterocycles. The smallest absolute Gasteiger partial charge is 0.0467 e. The summed E-state index contributed by atoms with van der Waals surface area (Å²) in [5.41, 5.74) is 6.14. The zero-order valence-corrected chi connectivity index (χ0v) is 13.9. The average molecular weight is 380 g/mol. The Morgan fingerprint density at radius 2 is 2.24 bits per heavy atom. The lowest BCUT2D eigenvalue weighted by Gasteiger charge is -2.18. The lowest BCUT2D eigenvalue weighted by atomic mass is 9.92. The van der Waals surface area contributed by atoms with Crippen LogP contribution < -0.4 is 5.09 Å². The van der Waals surface area contributed by atoms with Gasteiger partial charge >= 0.3 is 0 Å². The number of hydrogen-bond donors (Lipinski definition) is 1. The van der Waals surface area contributed by atoms with Crippen LogP contribution in [0, 0.1) is 6.92 Å². The number of rotatable bonds is 4. The number of nitrogens with one attached hydrogen (secondary N) is 1. The minimum absolute atomic E-state index is 0.656. The van der Waals surface area contributed by atoms with E-state index in [-0.39, 0.29) is 0 Å². The van der Waals surface area contributed by atoms with E-state index in [4.69, 9.17) is 11.6 Å². The van der Waals surface area contributed by atoms with Crippen LogP contribution >= 0.6 is 40.0 Å². The highest BCUT2D eigenvalue weighted by Gasteiger charge is 2.30. The highest BCUT2D eigenvalue weighted by molar-refractivity contribution is 14.2. The van der Waals surface area contributed by atoms with E-state index in [1.807, 2.05) is 0 Å². The van der Waals surface area contributed by atoms with Crippen LogP contribution in [0.4, 0.5) is 5.69 Å². The largest absolute Gasteiger partial charge is 0.358 e. The van der Waals surface area contributed by atoms with E-state index in [1.165, 1.54) is 29.5 Å². The van der Waals surface area contributed by atoms with Gasteiger partial charge in [0, 0.05) is 17.1 Å². The van der Waals surface area contributed by atoms with E-state index < -0.39 is 0 Å². The first-order chi connectivity index (χ1) is 8.06. The summed E-state index contributed by atoms with van der Waals surface area (Å²) in [7, 11) is 0. The molecule has 1 aromatic rings. The molecule has 0 spiro atoms. The maximum Gasteiger partial charge on any atom is 0.0467 e. The Morgan fingerprint density at radius 3 is 2.71 bits per heavy atom. The SMILES string of the molecule is C=C(C)c1c(C)c(NPI)cc(Cl)c1C1CC1. The summed E-state index contributed by atoms with van der Waals surface area (Å²) in [6.45, 7) is 8.34. The molecule has 1 atom stereocenters. The molecule has 1 unspecified atom stereocenters. The van der Waals surface area contributed by atoms with Gasteiger partial charge in [-0.2, -0.15) is 0 Å². The first-order valence-corrected chi connectivity index (χ1v) is 10.2. The van der Waals surface area contributed by atoms with Crippen molar-refractivity contribution >= 4 is 51.3 Å². The molecule has 0 radical (unpaired) electrons. The van der Waals surface area contributed by atoms with Gasteiger partial charge in [0.15, 0.2) is 0 Å². The summed E-state index contributed by atoms with van der Waals surface area (Å²) in [6.07, 6.45) is 3.18. The van der Waals surface area contributed by atoms with Crippen LogP contribution in [0.5, 0.6) is 0 Å². The summed E-state index contributed by atoms with van der Waals surface area (Å²) in [5, 5.41) is 4.28. The molecule has 4 heteroatoms. The van der Waals surface area contributed by atoms with E-state index in [0.29, 0.717) is 12.3 Å². The molecule has 0 aliphatic heterocycles. The number of halogens is 2. The van der Waals surface area contributed by atoms with Crippen LogP contribution in [0.25, 0.3) is 5.57 Å². The van der Waals surface area contributed by atoms with E-state index in [9.17, 15) is 0 Å². The van der Waals surface area contributed by atoms with E-state index >= 15 is 0 Å². The van der Waals surface area contributed by atoms with Gasteiger partial charge < -0.3 is 5.09 Å². The maximum atomic E-state index is 6.44. The fourth-order valence-electron chi connectivity index (χ4n) is 2.27. The third kappa shape index (κ3) is 2.80. The van der Waals surface area contributed by atoms with E-state index in [1.54, 1.807) is 0 Å². The number of allylic oxidation sites excluding steroid dienone is 1. The van der Waals surface area contributed by atoms with Crippen LogP contribution in [0.15, 0.2) is 12.6 Å². The van der Waals surface area contributed by atoms with Crippen molar-refractivity contribution in [3.63, 3.8) is 0 Å². The van der Waals surface area contributed by atoms with Gasteiger partial charge in [-0.25, -0.2) is 0 Å². The van der Waals surface area contributed by atoms with Gasteiger partial charge in [-0.05, 0) is 77.4 Å². The van der Waals surface area contributed by atoms with Gasteiger partial charge in [0.1, 0.15) is 0 Å². The summed E-state index contributed by atoms with van der Waals surface area (Å²) in [6, 6.07) is 2.07. The zero-order valence-electron chi connectivity index (χ0n) is 10.0. The molecule has 1 fully saturated rings. The molecule has 1 saturated carbocycles. The van der Waals surface area contributed by atoms with Crippen LogP contribution in [0.1, 0.15) is 42.4 Å². The van der Waals surface area contributed by atoms with Crippen molar-refractivity contribution in [2.45, 2.75) is 32.6 Å². The Hall–Kier alpha value is 0.210. The van der Waals surface area contributed by atoms with E-state index in [2.05, 4.69) is 53.6 Å². The van der Waals surface area contributed by atoms with Gasteiger partial charge in [0.2, 0.25) is 0 Å². The zero-order chi connectivity index (χ0) is 12.6. The maximum absolute atomic E-state index is 6.44. The summed E-state index contributed by atoms with van der Waals surface area (Å²) < 4.78 is 0.